The number of fused-ring (bicyclic) bond motifs is 1. The number of methoxy groups -OCH3 is 1. The molecule has 1 aromatic heterocycles. The van der Waals surface area contributed by atoms with E-state index >= 15 is 0 Å². The highest BCUT2D eigenvalue weighted by molar-refractivity contribution is 6.30. The first kappa shape index (κ1) is 29.3. The minimum Gasteiger partial charge on any atom is -0.443 e. The number of nitriles is 1. The van der Waals surface area contributed by atoms with Crippen molar-refractivity contribution in [2.45, 2.75) is 51.6 Å². The number of aryl methyl sites for hydroxylation is 1. The van der Waals surface area contributed by atoms with Crippen LogP contribution in [0, 0.1) is 11.3 Å². The average molecular weight is 564 g/mol. The van der Waals surface area contributed by atoms with Crippen LogP contribution in [0.2, 0.25) is 5.02 Å². The zero-order valence-electron chi connectivity index (χ0n) is 23.4. The molecule has 1 aliphatic rings. The van der Waals surface area contributed by atoms with Gasteiger partial charge in [0, 0.05) is 48.1 Å². The number of carbonyl (C=O) groups excluding carboxylic acids is 1. The fourth-order valence-electron chi connectivity index (χ4n) is 4.73. The molecule has 9 nitrogen and oxygen atoms in total. The number of amides is 1. The Morgan fingerprint density at radius 1 is 1.27 bits per heavy atom. The number of carbonyl (C=O) groups is 1. The first-order chi connectivity index (χ1) is 19.0. The molecular weight excluding hydrogens is 530 g/mol. The molecule has 1 amide bonds. The lowest BCUT2D eigenvalue weighted by atomic mass is 9.83. The number of rotatable bonds is 8. The maximum Gasteiger partial charge on any atom is 0.414 e. The molecule has 10 heteroatoms. The molecular formula is C30H34ClN5O4. The maximum absolute atomic E-state index is 13.1. The normalized spacial score (nSPS) is 16.4. The van der Waals surface area contributed by atoms with Crippen LogP contribution in [0.3, 0.4) is 0 Å². The molecule has 0 bridgehead atoms. The highest BCUT2D eigenvalue weighted by Crippen LogP contribution is 2.45. The van der Waals surface area contributed by atoms with Crippen LogP contribution in [0.4, 0.5) is 22.1 Å². The number of nitrogens with zero attached hydrogens (tertiary/aromatic N) is 4. The van der Waals surface area contributed by atoms with E-state index in [1.807, 2.05) is 31.2 Å². The smallest absolute Gasteiger partial charge is 0.414 e. The lowest BCUT2D eigenvalue weighted by Gasteiger charge is -2.26. The Labute approximate surface area is 239 Å². The molecule has 2 aromatic carbocycles. The molecule has 0 aliphatic carbocycles. The molecule has 0 fully saturated rings. The third kappa shape index (κ3) is 6.36. The van der Waals surface area contributed by atoms with E-state index in [0.29, 0.717) is 45.6 Å². The number of aliphatic hydroxyl groups is 1. The van der Waals surface area contributed by atoms with Crippen molar-refractivity contribution in [3.8, 4) is 17.3 Å². The molecule has 40 heavy (non-hydrogen) atoms. The van der Waals surface area contributed by atoms with Crippen molar-refractivity contribution in [3.05, 3.63) is 64.3 Å². The summed E-state index contributed by atoms with van der Waals surface area (Å²) in [4.78, 5) is 23.6. The van der Waals surface area contributed by atoms with Crippen molar-refractivity contribution in [1.29, 1.82) is 5.26 Å². The summed E-state index contributed by atoms with van der Waals surface area (Å²) in [7, 11) is 1.68. The molecule has 0 radical (unpaired) electrons. The van der Waals surface area contributed by atoms with Crippen LogP contribution in [-0.2, 0) is 21.3 Å². The SMILES string of the molecule is COCCCc1ccc(Cl)cc1Nc1nccc(-c2cc(C#N)c3c(c2)[C@@](C)(CO)CN3C(=O)OC(C)(C)C)n1. The van der Waals surface area contributed by atoms with Gasteiger partial charge in [-0.1, -0.05) is 24.6 Å². The average Bonchev–Trinajstić information content (AvgIpc) is 3.22. The second-order valence-corrected chi connectivity index (χ2v) is 11.5. The summed E-state index contributed by atoms with van der Waals surface area (Å²) < 4.78 is 10.8. The van der Waals surface area contributed by atoms with Crippen LogP contribution in [0.25, 0.3) is 11.3 Å². The van der Waals surface area contributed by atoms with Gasteiger partial charge in [-0.05, 0) is 75.1 Å². The lowest BCUT2D eigenvalue weighted by Crippen LogP contribution is -2.40. The minimum atomic E-state index is -0.792. The van der Waals surface area contributed by atoms with Gasteiger partial charge in [0.25, 0.3) is 0 Å². The summed E-state index contributed by atoms with van der Waals surface area (Å²) in [6.45, 7) is 7.83. The molecule has 4 rings (SSSR count). The van der Waals surface area contributed by atoms with Gasteiger partial charge >= 0.3 is 6.09 Å². The van der Waals surface area contributed by atoms with Gasteiger partial charge in [0.15, 0.2) is 0 Å². The number of ether oxygens (including phenoxy) is 2. The standard InChI is InChI=1S/C30H34ClN5O4/c1-29(2,3)40-28(38)36-17-30(4,18-37)23-14-20(13-21(16-32)26(23)36)24-10-11-33-27(34-24)35-25-15-22(31)9-8-19(25)7-6-12-39-5/h8-11,13-15,37H,6-7,12,17-18H2,1-5H3,(H,33,34,35)/t30-/m1/s1. The highest BCUT2D eigenvalue weighted by Gasteiger charge is 2.44. The van der Waals surface area contributed by atoms with Crippen molar-refractivity contribution >= 4 is 35.0 Å². The number of nitrogens with one attached hydrogen (secondary N) is 1. The molecule has 2 N–H and O–H groups in total. The fourth-order valence-corrected chi connectivity index (χ4v) is 4.90. The summed E-state index contributed by atoms with van der Waals surface area (Å²) in [6, 6.07) is 13.2. The second kappa shape index (κ2) is 11.8. The number of anilines is 3. The Balaban J connectivity index is 1.72. The lowest BCUT2D eigenvalue weighted by molar-refractivity contribution is 0.0575. The van der Waals surface area contributed by atoms with E-state index in [2.05, 4.69) is 16.4 Å². The summed E-state index contributed by atoms with van der Waals surface area (Å²) in [5.74, 6) is 0.368. The Hall–Kier alpha value is -3.71. The largest absolute Gasteiger partial charge is 0.443 e. The van der Waals surface area contributed by atoms with Crippen LogP contribution < -0.4 is 10.2 Å². The van der Waals surface area contributed by atoms with Gasteiger partial charge in [-0.2, -0.15) is 5.26 Å². The van der Waals surface area contributed by atoms with E-state index < -0.39 is 17.1 Å². The number of halogens is 1. The van der Waals surface area contributed by atoms with Crippen LogP contribution in [-0.4, -0.2) is 53.6 Å². The second-order valence-electron chi connectivity index (χ2n) is 11.1. The van der Waals surface area contributed by atoms with Crippen molar-refractivity contribution in [3.63, 3.8) is 0 Å². The Morgan fingerprint density at radius 3 is 2.73 bits per heavy atom. The number of aliphatic hydroxyl groups excluding tert-OH is 1. The zero-order chi connectivity index (χ0) is 29.1. The predicted molar refractivity (Wildman–Crippen MR) is 155 cm³/mol. The third-order valence-corrected chi connectivity index (χ3v) is 6.92. The minimum absolute atomic E-state index is 0.184. The summed E-state index contributed by atoms with van der Waals surface area (Å²) in [5, 5.41) is 24.3. The fraction of sp³-hybridized carbons (Fsp3) is 0.400. The van der Waals surface area contributed by atoms with Gasteiger partial charge in [-0.15, -0.1) is 0 Å². The van der Waals surface area contributed by atoms with E-state index in [9.17, 15) is 15.2 Å². The molecule has 1 atom stereocenters. The van der Waals surface area contributed by atoms with Crippen molar-refractivity contribution < 1.29 is 19.4 Å². The van der Waals surface area contributed by atoms with E-state index in [-0.39, 0.29) is 13.2 Å². The van der Waals surface area contributed by atoms with Gasteiger partial charge in [-0.3, -0.25) is 4.90 Å². The molecule has 0 saturated carbocycles. The summed E-state index contributed by atoms with van der Waals surface area (Å²) >= 11 is 6.28. The maximum atomic E-state index is 13.1. The monoisotopic (exact) mass is 563 g/mol. The van der Waals surface area contributed by atoms with Gasteiger partial charge in [-0.25, -0.2) is 14.8 Å². The number of hydrogen-bond donors (Lipinski definition) is 2. The van der Waals surface area contributed by atoms with Gasteiger partial charge in [0.1, 0.15) is 11.7 Å². The molecule has 210 valence electrons. The van der Waals surface area contributed by atoms with Crippen molar-refractivity contribution in [2.75, 3.05) is 37.1 Å². The van der Waals surface area contributed by atoms with Crippen molar-refractivity contribution in [1.82, 2.24) is 9.97 Å². The zero-order valence-corrected chi connectivity index (χ0v) is 24.2. The quantitative estimate of drug-likeness (QED) is 0.320. The van der Waals surface area contributed by atoms with Crippen molar-refractivity contribution in [2.24, 2.45) is 0 Å². The van der Waals surface area contributed by atoms with Gasteiger partial charge in [0.05, 0.1) is 23.6 Å². The van der Waals surface area contributed by atoms with Crippen LogP contribution >= 0.6 is 11.6 Å². The number of hydrogen-bond acceptors (Lipinski definition) is 8. The Bertz CT molecular complexity index is 1450. The van der Waals surface area contributed by atoms with E-state index in [1.165, 1.54) is 4.90 Å². The van der Waals surface area contributed by atoms with E-state index in [4.69, 9.17) is 26.1 Å². The van der Waals surface area contributed by atoms with Crippen LogP contribution in [0.1, 0.15) is 50.8 Å². The molecule has 3 aromatic rings. The topological polar surface area (TPSA) is 121 Å². The molecule has 0 unspecified atom stereocenters. The molecule has 2 heterocycles. The molecule has 1 aliphatic heterocycles. The van der Waals surface area contributed by atoms with E-state index in [1.54, 1.807) is 46.2 Å². The van der Waals surface area contributed by atoms with Crippen LogP contribution in [0.15, 0.2) is 42.6 Å². The molecule has 0 spiro atoms. The van der Waals surface area contributed by atoms with Gasteiger partial charge in [0.2, 0.25) is 5.95 Å². The summed E-state index contributed by atoms with van der Waals surface area (Å²) in [6.07, 6.45) is 2.71. The Kier molecular flexibility index (Phi) is 8.64. The predicted octanol–water partition coefficient (Wildman–Crippen LogP) is 6.00. The highest BCUT2D eigenvalue weighted by atomic mass is 35.5. The van der Waals surface area contributed by atoms with E-state index in [0.717, 1.165) is 24.1 Å². The Morgan fingerprint density at radius 2 is 2.05 bits per heavy atom. The first-order valence-electron chi connectivity index (χ1n) is 13.1. The molecule has 0 saturated heterocycles. The number of benzene rings is 2. The van der Waals surface area contributed by atoms with Gasteiger partial charge < -0.3 is 19.9 Å². The van der Waals surface area contributed by atoms with Crippen LogP contribution in [0.5, 0.6) is 0 Å². The summed E-state index contributed by atoms with van der Waals surface area (Å²) in [5.41, 5.74) is 3.02. The first-order valence-corrected chi connectivity index (χ1v) is 13.4. The number of aromatic nitrogens is 2. The third-order valence-electron chi connectivity index (χ3n) is 6.68.